The van der Waals surface area contributed by atoms with Gasteiger partial charge < -0.3 is 14.2 Å². The average molecular weight is 587 g/mol. The van der Waals surface area contributed by atoms with Gasteiger partial charge in [-0.1, -0.05) is 154 Å². The molecule has 0 saturated carbocycles. The molecule has 0 saturated heterocycles. The number of carbonyl (C=O) groups excluding carboxylic acids is 1. The summed E-state index contributed by atoms with van der Waals surface area (Å²) < 4.78 is 16.6. The van der Waals surface area contributed by atoms with E-state index in [1.165, 1.54) is 121 Å². The summed E-state index contributed by atoms with van der Waals surface area (Å²) in [4.78, 5) is 11.8. The second-order valence-electron chi connectivity index (χ2n) is 12.1. The van der Waals surface area contributed by atoms with E-state index in [-0.39, 0.29) is 5.97 Å². The highest BCUT2D eigenvalue weighted by Crippen LogP contribution is 2.23. The minimum atomic E-state index is -0.0488. The lowest BCUT2D eigenvalue weighted by atomic mass is 9.91. The maximum atomic E-state index is 11.8. The van der Waals surface area contributed by atoms with Crippen LogP contribution in [0.4, 0.5) is 0 Å². The average Bonchev–Trinajstić information content (AvgIpc) is 3.01. The number of methoxy groups -OCH3 is 1. The number of rotatable bonds is 30. The van der Waals surface area contributed by atoms with E-state index in [4.69, 9.17) is 14.2 Å². The first-order chi connectivity index (χ1) is 20.7. The zero-order chi connectivity index (χ0) is 30.4. The van der Waals surface area contributed by atoms with Gasteiger partial charge in [-0.15, -0.1) is 0 Å². The molecule has 4 heteroatoms. The number of hydrogen-bond donors (Lipinski definition) is 0. The molecule has 1 atom stereocenters. The number of ether oxygens (including phenoxy) is 3. The normalized spacial score (nSPS) is 12.2. The first-order valence-electron chi connectivity index (χ1n) is 17.7. The van der Waals surface area contributed by atoms with Crippen LogP contribution in [0, 0.1) is 5.92 Å². The SMILES string of the molecule is CCCCC=CCOC(=O)CCCCCCCCCCC(CCCCCCCCC)CCOCc1ccc(OC)cc1. The number of unbranched alkanes of at least 4 members (excludes halogenated alkanes) is 15. The largest absolute Gasteiger partial charge is 0.497 e. The van der Waals surface area contributed by atoms with Crippen LogP contribution in [-0.2, 0) is 20.9 Å². The molecular weight excluding hydrogens is 520 g/mol. The molecule has 0 N–H and O–H groups in total. The minimum Gasteiger partial charge on any atom is -0.497 e. The van der Waals surface area contributed by atoms with E-state index in [0.29, 0.717) is 19.6 Å². The molecule has 0 bridgehead atoms. The molecule has 1 aromatic carbocycles. The molecule has 0 radical (unpaired) electrons. The van der Waals surface area contributed by atoms with Gasteiger partial charge in [0.1, 0.15) is 12.4 Å². The molecule has 0 amide bonds. The lowest BCUT2D eigenvalue weighted by Crippen LogP contribution is -2.06. The smallest absolute Gasteiger partial charge is 0.306 e. The lowest BCUT2D eigenvalue weighted by Gasteiger charge is -2.17. The maximum absolute atomic E-state index is 11.8. The van der Waals surface area contributed by atoms with Crippen molar-refractivity contribution in [2.75, 3.05) is 20.3 Å². The number of allylic oxidation sites excluding steroid dienone is 1. The molecule has 0 aromatic heterocycles. The van der Waals surface area contributed by atoms with Crippen molar-refractivity contribution in [2.24, 2.45) is 5.92 Å². The summed E-state index contributed by atoms with van der Waals surface area (Å²) in [5, 5.41) is 0. The van der Waals surface area contributed by atoms with Crippen LogP contribution in [0.15, 0.2) is 36.4 Å². The van der Waals surface area contributed by atoms with Gasteiger partial charge in [-0.2, -0.15) is 0 Å². The topological polar surface area (TPSA) is 44.8 Å². The Morgan fingerprint density at radius 2 is 1.26 bits per heavy atom. The Labute approximate surface area is 260 Å². The van der Waals surface area contributed by atoms with Crippen LogP contribution in [0.5, 0.6) is 5.75 Å². The summed E-state index contributed by atoms with van der Waals surface area (Å²) in [6, 6.07) is 8.21. The third-order valence-corrected chi connectivity index (χ3v) is 8.29. The van der Waals surface area contributed by atoms with Crippen LogP contribution >= 0.6 is 0 Å². The molecule has 1 unspecified atom stereocenters. The summed E-state index contributed by atoms with van der Waals surface area (Å²) in [6.07, 6.45) is 31.7. The van der Waals surface area contributed by atoms with Crippen molar-refractivity contribution >= 4 is 5.97 Å². The zero-order valence-electron chi connectivity index (χ0n) is 27.9. The Bertz CT molecular complexity index is 742. The third-order valence-electron chi connectivity index (χ3n) is 8.29. The zero-order valence-corrected chi connectivity index (χ0v) is 27.9. The standard InChI is InChI=1S/C38H66O4/c1-4-6-8-10-13-16-20-24-35(31-33-41-34-36-27-29-37(40-3)30-28-36)25-21-17-14-11-12-15-18-22-26-38(39)42-32-23-19-9-7-5-2/h19,23,27-30,35H,4-18,20-22,24-26,31-34H2,1-3H3. The summed E-state index contributed by atoms with van der Waals surface area (Å²) in [5.74, 6) is 1.64. The van der Waals surface area contributed by atoms with Crippen LogP contribution in [-0.4, -0.2) is 26.3 Å². The number of benzene rings is 1. The Morgan fingerprint density at radius 3 is 1.86 bits per heavy atom. The molecule has 0 aliphatic heterocycles. The number of carbonyl (C=O) groups is 1. The molecule has 0 aliphatic carbocycles. The van der Waals surface area contributed by atoms with Crippen molar-refractivity contribution in [3.63, 3.8) is 0 Å². The molecule has 0 fully saturated rings. The van der Waals surface area contributed by atoms with E-state index in [1.807, 2.05) is 18.2 Å². The second-order valence-corrected chi connectivity index (χ2v) is 12.1. The third kappa shape index (κ3) is 23.7. The van der Waals surface area contributed by atoms with Gasteiger partial charge in [0.15, 0.2) is 0 Å². The Kier molecular flexibility index (Phi) is 26.6. The van der Waals surface area contributed by atoms with Crippen molar-refractivity contribution in [2.45, 2.75) is 162 Å². The van der Waals surface area contributed by atoms with Crippen LogP contribution in [0.25, 0.3) is 0 Å². The van der Waals surface area contributed by atoms with Crippen molar-refractivity contribution in [3.8, 4) is 5.75 Å². The van der Waals surface area contributed by atoms with Gasteiger partial charge in [-0.05, 0) is 42.9 Å². The lowest BCUT2D eigenvalue weighted by molar-refractivity contribution is -0.142. The fraction of sp³-hybridized carbons (Fsp3) is 0.763. The Hall–Kier alpha value is -1.81. The first kappa shape index (κ1) is 38.2. The highest BCUT2D eigenvalue weighted by molar-refractivity contribution is 5.69. The molecule has 0 spiro atoms. The summed E-state index contributed by atoms with van der Waals surface area (Å²) in [5.41, 5.74) is 1.21. The van der Waals surface area contributed by atoms with E-state index in [1.54, 1.807) is 7.11 Å². The van der Waals surface area contributed by atoms with Crippen molar-refractivity contribution in [1.29, 1.82) is 0 Å². The second kappa shape index (κ2) is 29.3. The maximum Gasteiger partial charge on any atom is 0.306 e. The van der Waals surface area contributed by atoms with Crippen molar-refractivity contribution in [1.82, 2.24) is 0 Å². The summed E-state index contributed by atoms with van der Waals surface area (Å²) in [7, 11) is 1.70. The molecule has 0 heterocycles. The summed E-state index contributed by atoms with van der Waals surface area (Å²) >= 11 is 0. The van der Waals surface area contributed by atoms with Gasteiger partial charge >= 0.3 is 5.97 Å². The fourth-order valence-electron chi connectivity index (χ4n) is 5.47. The van der Waals surface area contributed by atoms with Gasteiger partial charge in [-0.25, -0.2) is 0 Å². The number of hydrogen-bond acceptors (Lipinski definition) is 4. The Morgan fingerprint density at radius 1 is 0.690 bits per heavy atom. The van der Waals surface area contributed by atoms with Crippen molar-refractivity contribution < 1.29 is 19.0 Å². The van der Waals surface area contributed by atoms with Crippen LogP contribution in [0.2, 0.25) is 0 Å². The number of esters is 1. The molecule has 42 heavy (non-hydrogen) atoms. The van der Waals surface area contributed by atoms with Gasteiger partial charge in [0.05, 0.1) is 13.7 Å². The van der Waals surface area contributed by atoms with E-state index in [2.05, 4.69) is 32.1 Å². The molecule has 4 nitrogen and oxygen atoms in total. The minimum absolute atomic E-state index is 0.0488. The van der Waals surface area contributed by atoms with Crippen LogP contribution in [0.1, 0.15) is 161 Å². The van der Waals surface area contributed by atoms with Crippen LogP contribution in [0.3, 0.4) is 0 Å². The molecule has 1 aromatic rings. The quantitative estimate of drug-likeness (QED) is 0.0511. The fourth-order valence-corrected chi connectivity index (χ4v) is 5.47. The van der Waals surface area contributed by atoms with Gasteiger partial charge in [0.25, 0.3) is 0 Å². The first-order valence-corrected chi connectivity index (χ1v) is 17.7. The molecular formula is C38H66O4. The Balaban J connectivity index is 2.12. The van der Waals surface area contributed by atoms with E-state index in [0.717, 1.165) is 37.5 Å². The monoisotopic (exact) mass is 586 g/mol. The predicted octanol–water partition coefficient (Wildman–Crippen LogP) is 11.5. The van der Waals surface area contributed by atoms with Crippen LogP contribution < -0.4 is 4.74 Å². The van der Waals surface area contributed by atoms with E-state index in [9.17, 15) is 4.79 Å². The molecule has 1 rings (SSSR count). The molecule has 242 valence electrons. The highest BCUT2D eigenvalue weighted by Gasteiger charge is 2.09. The van der Waals surface area contributed by atoms with E-state index >= 15 is 0 Å². The van der Waals surface area contributed by atoms with Gasteiger partial charge in [0, 0.05) is 13.0 Å². The highest BCUT2D eigenvalue weighted by atomic mass is 16.5. The van der Waals surface area contributed by atoms with Gasteiger partial charge in [0.2, 0.25) is 0 Å². The predicted molar refractivity (Wildman–Crippen MR) is 179 cm³/mol. The van der Waals surface area contributed by atoms with E-state index < -0.39 is 0 Å². The summed E-state index contributed by atoms with van der Waals surface area (Å²) in [6.45, 7) is 6.45. The van der Waals surface area contributed by atoms with Gasteiger partial charge in [-0.3, -0.25) is 4.79 Å². The molecule has 0 aliphatic rings. The van der Waals surface area contributed by atoms with Crippen molar-refractivity contribution in [3.05, 3.63) is 42.0 Å².